The Bertz CT molecular complexity index is 638. The maximum Gasteiger partial charge on any atom is 0.411 e. The topological polar surface area (TPSA) is 75.7 Å². The van der Waals surface area contributed by atoms with Gasteiger partial charge in [-0.15, -0.1) is 0 Å². The minimum absolute atomic E-state index is 0.244. The fourth-order valence-corrected chi connectivity index (χ4v) is 2.98. The molecular formula is C17H20N2O4. The molecule has 3 rings (SSSR count). The normalized spacial score (nSPS) is 24.8. The summed E-state index contributed by atoms with van der Waals surface area (Å²) in [7, 11) is 0. The number of cyclic esters (lactones) is 1. The molecule has 2 saturated heterocycles. The zero-order chi connectivity index (χ0) is 16.6. The molecule has 3 amide bonds. The SMILES string of the molecule is CC(C)c1ccc([C@H]2CN(C3CCC(=O)NC3=O)C(=O)O2)cc1. The van der Waals surface area contributed by atoms with E-state index in [4.69, 9.17) is 4.74 Å². The first-order valence-electron chi connectivity index (χ1n) is 7.86. The summed E-state index contributed by atoms with van der Waals surface area (Å²) < 4.78 is 5.41. The van der Waals surface area contributed by atoms with Gasteiger partial charge in [0.1, 0.15) is 12.1 Å². The first-order chi connectivity index (χ1) is 11.0. The Morgan fingerprint density at radius 3 is 2.48 bits per heavy atom. The molecule has 0 saturated carbocycles. The molecule has 6 heteroatoms. The quantitative estimate of drug-likeness (QED) is 0.867. The maximum absolute atomic E-state index is 12.1. The average molecular weight is 316 g/mol. The van der Waals surface area contributed by atoms with Gasteiger partial charge in [-0.3, -0.25) is 19.8 Å². The highest BCUT2D eigenvalue weighted by Crippen LogP contribution is 2.30. The lowest BCUT2D eigenvalue weighted by Gasteiger charge is -2.27. The van der Waals surface area contributed by atoms with Crippen molar-refractivity contribution in [3.05, 3.63) is 35.4 Å². The van der Waals surface area contributed by atoms with E-state index in [0.717, 1.165) is 5.56 Å². The summed E-state index contributed by atoms with van der Waals surface area (Å²) >= 11 is 0. The highest BCUT2D eigenvalue weighted by Gasteiger charge is 2.41. The highest BCUT2D eigenvalue weighted by molar-refractivity contribution is 6.01. The van der Waals surface area contributed by atoms with E-state index >= 15 is 0 Å². The number of benzene rings is 1. The van der Waals surface area contributed by atoms with Crippen molar-refractivity contribution in [2.75, 3.05) is 6.54 Å². The number of imide groups is 1. The smallest absolute Gasteiger partial charge is 0.411 e. The Labute approximate surface area is 134 Å². The summed E-state index contributed by atoms with van der Waals surface area (Å²) in [5.74, 6) is -0.274. The minimum atomic E-state index is -0.625. The lowest BCUT2D eigenvalue weighted by Crippen LogP contribution is -2.52. The van der Waals surface area contributed by atoms with Gasteiger partial charge in [-0.05, 0) is 23.5 Å². The van der Waals surface area contributed by atoms with Gasteiger partial charge < -0.3 is 4.74 Å². The summed E-state index contributed by atoms with van der Waals surface area (Å²) in [5, 5.41) is 2.27. The van der Waals surface area contributed by atoms with Crippen molar-refractivity contribution >= 4 is 17.9 Å². The van der Waals surface area contributed by atoms with Gasteiger partial charge in [-0.25, -0.2) is 4.79 Å². The van der Waals surface area contributed by atoms with Gasteiger partial charge in [0.05, 0.1) is 6.54 Å². The van der Waals surface area contributed by atoms with Crippen LogP contribution in [0.3, 0.4) is 0 Å². The second-order valence-corrected chi connectivity index (χ2v) is 6.31. The fraction of sp³-hybridized carbons (Fsp3) is 0.471. The summed E-state index contributed by atoms with van der Waals surface area (Å²) in [5.41, 5.74) is 2.14. The number of nitrogens with zero attached hydrogens (tertiary/aromatic N) is 1. The zero-order valence-electron chi connectivity index (χ0n) is 13.2. The van der Waals surface area contributed by atoms with Gasteiger partial charge in [0.15, 0.2) is 0 Å². The minimum Gasteiger partial charge on any atom is -0.439 e. The lowest BCUT2D eigenvalue weighted by molar-refractivity contribution is -0.136. The molecule has 23 heavy (non-hydrogen) atoms. The van der Waals surface area contributed by atoms with Crippen molar-refractivity contribution in [3.8, 4) is 0 Å². The second-order valence-electron chi connectivity index (χ2n) is 6.31. The summed E-state index contributed by atoms with van der Waals surface area (Å²) in [6.07, 6.45) is -0.293. The Balaban J connectivity index is 1.72. The van der Waals surface area contributed by atoms with Gasteiger partial charge in [0.25, 0.3) is 0 Å². The number of hydrogen-bond donors (Lipinski definition) is 1. The predicted octanol–water partition coefficient (Wildman–Crippen LogP) is 2.11. The van der Waals surface area contributed by atoms with Crippen molar-refractivity contribution in [3.63, 3.8) is 0 Å². The summed E-state index contributed by atoms with van der Waals surface area (Å²) in [4.78, 5) is 36.7. The molecule has 2 heterocycles. The van der Waals surface area contributed by atoms with E-state index in [1.807, 2.05) is 24.3 Å². The molecule has 1 unspecified atom stereocenters. The van der Waals surface area contributed by atoms with E-state index in [9.17, 15) is 14.4 Å². The zero-order valence-corrected chi connectivity index (χ0v) is 13.2. The fourth-order valence-electron chi connectivity index (χ4n) is 2.98. The molecule has 1 aromatic rings. The van der Waals surface area contributed by atoms with Crippen molar-refractivity contribution in [2.24, 2.45) is 0 Å². The molecule has 2 aliphatic rings. The third kappa shape index (κ3) is 3.06. The molecule has 0 aromatic heterocycles. The van der Waals surface area contributed by atoms with Crippen LogP contribution in [-0.4, -0.2) is 35.4 Å². The van der Waals surface area contributed by atoms with Crippen molar-refractivity contribution in [1.29, 1.82) is 0 Å². The van der Waals surface area contributed by atoms with Crippen molar-refractivity contribution in [2.45, 2.75) is 44.8 Å². The predicted molar refractivity (Wildman–Crippen MR) is 82.6 cm³/mol. The molecule has 0 aliphatic carbocycles. The van der Waals surface area contributed by atoms with Gasteiger partial charge in [-0.2, -0.15) is 0 Å². The number of carbonyl (C=O) groups excluding carboxylic acids is 3. The van der Waals surface area contributed by atoms with Crippen LogP contribution in [0.2, 0.25) is 0 Å². The van der Waals surface area contributed by atoms with Gasteiger partial charge in [0, 0.05) is 6.42 Å². The molecule has 0 bridgehead atoms. The number of carbonyl (C=O) groups is 3. The van der Waals surface area contributed by atoms with E-state index in [1.54, 1.807) is 0 Å². The van der Waals surface area contributed by atoms with Crippen LogP contribution in [0.1, 0.15) is 49.8 Å². The van der Waals surface area contributed by atoms with Crippen molar-refractivity contribution in [1.82, 2.24) is 10.2 Å². The molecule has 2 fully saturated rings. The number of amides is 3. The average Bonchev–Trinajstić information content (AvgIpc) is 2.89. The van der Waals surface area contributed by atoms with Gasteiger partial charge in [-0.1, -0.05) is 38.1 Å². The van der Waals surface area contributed by atoms with Crippen LogP contribution < -0.4 is 5.32 Å². The summed E-state index contributed by atoms with van der Waals surface area (Å²) in [6.45, 7) is 4.57. The molecule has 2 aliphatic heterocycles. The molecule has 122 valence electrons. The van der Waals surface area contributed by atoms with Gasteiger partial charge >= 0.3 is 6.09 Å². The number of piperidine rings is 1. The Kier molecular flexibility index (Phi) is 4.07. The number of hydrogen-bond acceptors (Lipinski definition) is 4. The van der Waals surface area contributed by atoms with E-state index in [-0.39, 0.29) is 18.4 Å². The van der Waals surface area contributed by atoms with Crippen LogP contribution in [0.4, 0.5) is 4.79 Å². The largest absolute Gasteiger partial charge is 0.439 e. The first kappa shape index (κ1) is 15.5. The Morgan fingerprint density at radius 2 is 1.87 bits per heavy atom. The molecule has 2 atom stereocenters. The van der Waals surface area contributed by atoms with Crippen LogP contribution in [0.5, 0.6) is 0 Å². The molecule has 0 spiro atoms. The lowest BCUT2D eigenvalue weighted by atomic mass is 9.99. The number of ether oxygens (including phenoxy) is 1. The number of nitrogens with one attached hydrogen (secondary N) is 1. The van der Waals surface area contributed by atoms with Crippen LogP contribution in [0.25, 0.3) is 0 Å². The molecule has 0 radical (unpaired) electrons. The maximum atomic E-state index is 12.1. The molecular weight excluding hydrogens is 296 g/mol. The van der Waals surface area contributed by atoms with E-state index < -0.39 is 18.0 Å². The van der Waals surface area contributed by atoms with E-state index in [0.29, 0.717) is 18.9 Å². The monoisotopic (exact) mass is 316 g/mol. The molecule has 6 nitrogen and oxygen atoms in total. The standard InChI is InChI=1S/C17H20N2O4/c1-10(2)11-3-5-12(6-4-11)14-9-19(17(22)23-14)13-7-8-15(20)18-16(13)21/h3-6,10,13-14H,7-9H2,1-2H3,(H,18,20,21)/t13?,14-/m1/s1. The third-order valence-corrected chi connectivity index (χ3v) is 4.40. The Hall–Kier alpha value is -2.37. The third-order valence-electron chi connectivity index (χ3n) is 4.40. The van der Waals surface area contributed by atoms with Crippen LogP contribution >= 0.6 is 0 Å². The van der Waals surface area contributed by atoms with E-state index in [2.05, 4.69) is 19.2 Å². The van der Waals surface area contributed by atoms with Crippen LogP contribution in [0.15, 0.2) is 24.3 Å². The van der Waals surface area contributed by atoms with Gasteiger partial charge in [0.2, 0.25) is 11.8 Å². The number of rotatable bonds is 3. The van der Waals surface area contributed by atoms with E-state index in [1.165, 1.54) is 10.5 Å². The van der Waals surface area contributed by atoms with Crippen LogP contribution in [0, 0.1) is 0 Å². The Morgan fingerprint density at radius 1 is 1.17 bits per heavy atom. The van der Waals surface area contributed by atoms with Crippen LogP contribution in [-0.2, 0) is 14.3 Å². The molecule has 1 aromatic carbocycles. The summed E-state index contributed by atoms with van der Waals surface area (Å²) in [6, 6.07) is 7.35. The second kappa shape index (κ2) is 6.02. The van der Waals surface area contributed by atoms with Crippen molar-refractivity contribution < 1.29 is 19.1 Å². The first-order valence-corrected chi connectivity index (χ1v) is 7.86. The molecule has 1 N–H and O–H groups in total. The highest BCUT2D eigenvalue weighted by atomic mass is 16.6.